The highest BCUT2D eigenvalue weighted by molar-refractivity contribution is 5.91. The van der Waals surface area contributed by atoms with Crippen molar-refractivity contribution < 1.29 is 38.1 Å². The van der Waals surface area contributed by atoms with E-state index in [1.807, 2.05) is 52.8 Å². The summed E-state index contributed by atoms with van der Waals surface area (Å²) >= 11 is 0. The molecular weight excluding hydrogens is 542 g/mol. The number of cyclic esters (lactones) is 1. The number of alkyl carbamates (subject to hydrolysis) is 1. The lowest BCUT2D eigenvalue weighted by Gasteiger charge is -2.35. The van der Waals surface area contributed by atoms with Crippen LogP contribution in [0.5, 0.6) is 5.75 Å². The zero-order valence-electron chi connectivity index (χ0n) is 25.7. The molecule has 11 nitrogen and oxygen atoms in total. The second kappa shape index (κ2) is 12.8. The maximum absolute atomic E-state index is 13.9. The van der Waals surface area contributed by atoms with E-state index in [0.717, 1.165) is 42.6 Å². The van der Waals surface area contributed by atoms with Gasteiger partial charge in [-0.05, 0) is 35.3 Å². The number of benzene rings is 1. The molecule has 11 heteroatoms. The number of ether oxygens (including phenoxy) is 4. The normalized spacial score (nSPS) is 25.8. The quantitative estimate of drug-likeness (QED) is 0.379. The number of hydrogen-bond acceptors (Lipinski definition) is 8. The van der Waals surface area contributed by atoms with Gasteiger partial charge in [-0.25, -0.2) is 14.4 Å². The van der Waals surface area contributed by atoms with Crippen molar-refractivity contribution in [1.82, 2.24) is 15.1 Å². The molecular formula is C31H45N3O8. The molecule has 0 spiro atoms. The predicted octanol–water partition coefficient (Wildman–Crippen LogP) is 4.40. The lowest BCUT2D eigenvalue weighted by Crippen LogP contribution is -2.57. The summed E-state index contributed by atoms with van der Waals surface area (Å²) in [6, 6.07) is 3.88. The average molecular weight is 588 g/mol. The summed E-state index contributed by atoms with van der Waals surface area (Å²) in [5, 5.41) is 2.74. The van der Waals surface area contributed by atoms with E-state index in [0.29, 0.717) is 19.7 Å². The summed E-state index contributed by atoms with van der Waals surface area (Å²) in [7, 11) is 1.25. The third kappa shape index (κ3) is 7.46. The minimum Gasteiger partial charge on any atom is -0.493 e. The fraction of sp³-hybridized carbons (Fsp3) is 0.677. The van der Waals surface area contributed by atoms with E-state index in [4.69, 9.17) is 18.9 Å². The summed E-state index contributed by atoms with van der Waals surface area (Å²) in [6.45, 7) is 11.1. The Morgan fingerprint density at radius 2 is 1.83 bits per heavy atom. The van der Waals surface area contributed by atoms with Crippen LogP contribution in [0.1, 0.15) is 77.8 Å². The van der Waals surface area contributed by atoms with Gasteiger partial charge in [0.1, 0.15) is 23.9 Å². The van der Waals surface area contributed by atoms with E-state index in [1.54, 1.807) is 4.90 Å². The monoisotopic (exact) mass is 587 g/mol. The second-order valence-corrected chi connectivity index (χ2v) is 13.4. The number of methoxy groups -OCH3 is 1. The molecule has 1 aromatic rings. The van der Waals surface area contributed by atoms with Crippen molar-refractivity contribution in [2.45, 2.75) is 98.0 Å². The van der Waals surface area contributed by atoms with Gasteiger partial charge in [0.15, 0.2) is 0 Å². The van der Waals surface area contributed by atoms with E-state index in [1.165, 1.54) is 12.0 Å². The number of nitrogens with zero attached hydrogens (tertiary/aromatic N) is 2. The Labute approximate surface area is 248 Å². The first-order valence-corrected chi connectivity index (χ1v) is 14.8. The molecule has 1 aromatic carbocycles. The Balaban J connectivity index is 1.58. The van der Waals surface area contributed by atoms with Crippen LogP contribution in [-0.2, 0) is 36.9 Å². The lowest BCUT2D eigenvalue weighted by molar-refractivity contribution is -0.152. The zero-order chi connectivity index (χ0) is 30.7. The highest BCUT2D eigenvalue weighted by Crippen LogP contribution is 2.33. The Hall–Kier alpha value is -3.50. The van der Waals surface area contributed by atoms with Crippen LogP contribution in [-0.4, -0.2) is 78.9 Å². The number of rotatable bonds is 1. The summed E-state index contributed by atoms with van der Waals surface area (Å²) in [5.41, 5.74) is 1.02. The van der Waals surface area contributed by atoms with Crippen molar-refractivity contribution in [3.8, 4) is 5.75 Å². The minimum absolute atomic E-state index is 0.00414. The van der Waals surface area contributed by atoms with Gasteiger partial charge >= 0.3 is 18.2 Å². The van der Waals surface area contributed by atoms with E-state index in [-0.39, 0.29) is 25.0 Å². The van der Waals surface area contributed by atoms with Gasteiger partial charge in [-0.3, -0.25) is 9.69 Å². The second-order valence-electron chi connectivity index (χ2n) is 13.4. The molecule has 4 bridgehead atoms. The largest absolute Gasteiger partial charge is 0.493 e. The van der Waals surface area contributed by atoms with Crippen LogP contribution in [0.4, 0.5) is 9.59 Å². The molecule has 3 amide bonds. The third-order valence-electron chi connectivity index (χ3n) is 8.21. The van der Waals surface area contributed by atoms with E-state index in [9.17, 15) is 19.2 Å². The minimum atomic E-state index is -0.987. The van der Waals surface area contributed by atoms with Crippen LogP contribution >= 0.6 is 0 Å². The van der Waals surface area contributed by atoms with Crippen molar-refractivity contribution in [2.75, 3.05) is 26.9 Å². The van der Waals surface area contributed by atoms with Crippen LogP contribution in [0.25, 0.3) is 0 Å². The van der Waals surface area contributed by atoms with Crippen molar-refractivity contribution in [2.24, 2.45) is 10.8 Å². The Kier molecular flexibility index (Phi) is 9.57. The molecule has 232 valence electrons. The highest BCUT2D eigenvalue weighted by atomic mass is 16.6. The topological polar surface area (TPSA) is 124 Å². The molecule has 1 unspecified atom stereocenters. The number of carbonyl (C=O) groups is 4. The van der Waals surface area contributed by atoms with Gasteiger partial charge in [0.25, 0.3) is 0 Å². The first kappa shape index (κ1) is 31.4. The van der Waals surface area contributed by atoms with Gasteiger partial charge in [-0.15, -0.1) is 0 Å². The Bertz CT molecular complexity index is 1180. The Morgan fingerprint density at radius 3 is 2.55 bits per heavy atom. The van der Waals surface area contributed by atoms with Gasteiger partial charge in [-0.1, -0.05) is 59.6 Å². The number of amides is 3. The highest BCUT2D eigenvalue weighted by Gasteiger charge is 2.47. The molecule has 0 aliphatic carbocycles. The molecule has 0 radical (unpaired) electrons. The number of nitrogens with one attached hydrogen (secondary N) is 1. The summed E-state index contributed by atoms with van der Waals surface area (Å²) in [6.07, 6.45) is 1.78. The van der Waals surface area contributed by atoms with E-state index in [2.05, 4.69) is 5.32 Å². The van der Waals surface area contributed by atoms with E-state index < -0.39 is 47.7 Å². The third-order valence-corrected chi connectivity index (χ3v) is 8.21. The van der Waals surface area contributed by atoms with Gasteiger partial charge in [-0.2, -0.15) is 0 Å². The number of esters is 1. The predicted molar refractivity (Wildman–Crippen MR) is 154 cm³/mol. The fourth-order valence-electron chi connectivity index (χ4n) is 5.73. The molecule has 4 rings (SSSR count). The molecule has 1 saturated heterocycles. The van der Waals surface area contributed by atoms with Crippen molar-refractivity contribution in [1.29, 1.82) is 0 Å². The SMILES string of the molecule is COC(=O)[C@@H]1CC2CN1C(=O)[C@H](C(C)(C)C)NC(=O)OCC(C)(C)CCCCCOc1cccc3c1CN(C3)C(=O)O2. The van der Waals surface area contributed by atoms with Crippen molar-refractivity contribution in [3.05, 3.63) is 29.3 Å². The maximum atomic E-state index is 13.9. The van der Waals surface area contributed by atoms with Crippen LogP contribution < -0.4 is 10.1 Å². The van der Waals surface area contributed by atoms with Crippen LogP contribution in [0, 0.1) is 10.8 Å². The summed E-state index contributed by atoms with van der Waals surface area (Å²) in [4.78, 5) is 55.7. The standard InChI is InChI=1S/C31H45N3O8/c1-30(2,3)25-26(35)34-17-21(15-23(34)27(36)39-6)42-29(38)33-16-20-11-10-12-24(22(20)18-33)40-14-9-7-8-13-31(4,5)19-41-28(37)32-25/h10-12,21,23,25H,7-9,13-19H2,1-6H3,(H,32,37)/t21?,23-,25+/m0/s1. The van der Waals surface area contributed by atoms with Gasteiger partial charge in [0.05, 0.1) is 33.4 Å². The summed E-state index contributed by atoms with van der Waals surface area (Å²) < 4.78 is 22.5. The number of hydrogen-bond donors (Lipinski definition) is 1. The molecule has 0 saturated carbocycles. The van der Waals surface area contributed by atoms with Crippen LogP contribution in [0.3, 0.4) is 0 Å². The lowest BCUT2D eigenvalue weighted by atomic mass is 9.85. The molecule has 42 heavy (non-hydrogen) atoms. The first-order valence-electron chi connectivity index (χ1n) is 14.8. The van der Waals surface area contributed by atoms with Gasteiger partial charge in [0, 0.05) is 18.5 Å². The molecule has 1 fully saturated rings. The van der Waals surface area contributed by atoms with Crippen LogP contribution in [0.2, 0.25) is 0 Å². The summed E-state index contributed by atoms with van der Waals surface area (Å²) in [5.74, 6) is -0.314. The number of fused-ring (bicyclic) bond motifs is 3. The molecule has 3 aliphatic rings. The molecule has 0 aromatic heterocycles. The number of carbonyl (C=O) groups excluding carboxylic acids is 4. The van der Waals surface area contributed by atoms with Crippen molar-refractivity contribution in [3.63, 3.8) is 0 Å². The average Bonchev–Trinajstić information content (AvgIpc) is 3.56. The fourth-order valence-corrected chi connectivity index (χ4v) is 5.73. The van der Waals surface area contributed by atoms with Gasteiger partial charge < -0.3 is 29.2 Å². The molecule has 3 aliphatic heterocycles. The maximum Gasteiger partial charge on any atom is 0.410 e. The molecule has 1 N–H and O–H groups in total. The first-order chi connectivity index (χ1) is 19.8. The Morgan fingerprint density at radius 1 is 1.07 bits per heavy atom. The van der Waals surface area contributed by atoms with Crippen molar-refractivity contribution >= 4 is 24.1 Å². The molecule has 3 heterocycles. The zero-order valence-corrected chi connectivity index (χ0v) is 25.7. The molecule has 3 atom stereocenters. The van der Waals surface area contributed by atoms with Crippen LogP contribution in [0.15, 0.2) is 18.2 Å². The van der Waals surface area contributed by atoms with E-state index >= 15 is 0 Å². The van der Waals surface area contributed by atoms with Gasteiger partial charge in [0.2, 0.25) is 5.91 Å². The smallest absolute Gasteiger partial charge is 0.410 e.